The number of aldehydes is 1. The Balaban J connectivity index is 1.60. The van der Waals surface area contributed by atoms with E-state index in [0.29, 0.717) is 29.3 Å². The van der Waals surface area contributed by atoms with Gasteiger partial charge in [-0.3, -0.25) is 9.59 Å². The van der Waals surface area contributed by atoms with Gasteiger partial charge in [-0.15, -0.1) is 0 Å². The number of hydrogen-bond acceptors (Lipinski definition) is 5. The van der Waals surface area contributed by atoms with Gasteiger partial charge >= 0.3 is 0 Å². The van der Waals surface area contributed by atoms with Gasteiger partial charge in [-0.25, -0.2) is 4.99 Å². The van der Waals surface area contributed by atoms with E-state index in [9.17, 15) is 9.59 Å². The highest BCUT2D eigenvalue weighted by Gasteiger charge is 2.24. The molecule has 6 heteroatoms. The molecule has 0 aromatic heterocycles. The second-order valence-corrected chi connectivity index (χ2v) is 8.91. The summed E-state index contributed by atoms with van der Waals surface area (Å²) in [4.78, 5) is 31.1. The van der Waals surface area contributed by atoms with Crippen molar-refractivity contribution in [3.63, 3.8) is 0 Å². The average Bonchev–Trinajstić information content (AvgIpc) is 3.01. The lowest BCUT2D eigenvalue weighted by Crippen LogP contribution is -2.40. The minimum atomic E-state index is 0.0647. The fourth-order valence-corrected chi connectivity index (χ4v) is 4.59. The second kappa shape index (κ2) is 10.6. The summed E-state index contributed by atoms with van der Waals surface area (Å²) in [6.45, 7) is 5.70. The molecule has 0 spiro atoms. The first-order valence-corrected chi connectivity index (χ1v) is 11.8. The van der Waals surface area contributed by atoms with Crippen LogP contribution in [0.4, 0.5) is 5.69 Å². The molecule has 0 saturated carbocycles. The molecule has 1 saturated heterocycles. The van der Waals surface area contributed by atoms with Gasteiger partial charge in [-0.1, -0.05) is 43.3 Å². The maximum atomic E-state index is 13.5. The molecule has 1 amide bonds. The van der Waals surface area contributed by atoms with Gasteiger partial charge < -0.3 is 16.0 Å². The first kappa shape index (κ1) is 22.9. The summed E-state index contributed by atoms with van der Waals surface area (Å²) in [6.07, 6.45) is 6.28. The fraction of sp³-hybridized carbons (Fsp3) is 0.370. The van der Waals surface area contributed by atoms with Crippen molar-refractivity contribution in [2.75, 3.05) is 26.2 Å². The van der Waals surface area contributed by atoms with E-state index in [2.05, 4.69) is 17.2 Å². The third-order valence-corrected chi connectivity index (χ3v) is 6.37. The lowest BCUT2D eigenvalue weighted by Gasteiger charge is -2.30. The number of piperidine rings is 1. The third kappa shape index (κ3) is 5.57. The van der Waals surface area contributed by atoms with Gasteiger partial charge in [0.05, 0.1) is 5.69 Å². The fourth-order valence-electron chi connectivity index (χ4n) is 4.59. The summed E-state index contributed by atoms with van der Waals surface area (Å²) >= 11 is 0. The van der Waals surface area contributed by atoms with Crippen LogP contribution in [0.2, 0.25) is 0 Å². The Morgan fingerprint density at radius 3 is 2.58 bits per heavy atom. The highest BCUT2D eigenvalue weighted by atomic mass is 16.2. The molecule has 2 heterocycles. The monoisotopic (exact) mass is 444 g/mol. The molecular formula is C27H32N4O2. The van der Waals surface area contributed by atoms with E-state index >= 15 is 0 Å². The molecule has 0 atom stereocenters. The Hall–Kier alpha value is -3.25. The number of amides is 1. The molecule has 1 fully saturated rings. The SMILES string of the molecule is CCCN(CC1CCNCC1)C(=O)C1=Cc2ccc(-c3ccc(C=O)cc3)cc2N=C(N)C1. The molecule has 2 aliphatic rings. The summed E-state index contributed by atoms with van der Waals surface area (Å²) in [7, 11) is 0. The van der Waals surface area contributed by atoms with Crippen LogP contribution in [0.5, 0.6) is 0 Å². The number of carbonyl (C=O) groups is 2. The number of nitrogens with one attached hydrogen (secondary N) is 1. The van der Waals surface area contributed by atoms with Crippen LogP contribution in [-0.2, 0) is 4.79 Å². The molecule has 2 aromatic rings. The highest BCUT2D eigenvalue weighted by molar-refractivity contribution is 6.05. The molecule has 2 aliphatic heterocycles. The van der Waals surface area contributed by atoms with Crippen molar-refractivity contribution >= 4 is 29.8 Å². The van der Waals surface area contributed by atoms with Crippen LogP contribution in [0.3, 0.4) is 0 Å². The number of carbonyl (C=O) groups excluding carboxylic acids is 2. The van der Waals surface area contributed by atoms with Gasteiger partial charge in [0.25, 0.3) is 0 Å². The highest BCUT2D eigenvalue weighted by Crippen LogP contribution is 2.32. The molecule has 2 aromatic carbocycles. The van der Waals surface area contributed by atoms with Crippen molar-refractivity contribution in [2.45, 2.75) is 32.6 Å². The smallest absolute Gasteiger partial charge is 0.250 e. The zero-order chi connectivity index (χ0) is 23.2. The van der Waals surface area contributed by atoms with E-state index in [1.54, 1.807) is 12.1 Å². The summed E-state index contributed by atoms with van der Waals surface area (Å²) < 4.78 is 0. The van der Waals surface area contributed by atoms with Crippen LogP contribution in [0, 0.1) is 5.92 Å². The van der Waals surface area contributed by atoms with Crippen molar-refractivity contribution in [1.29, 1.82) is 0 Å². The first-order valence-electron chi connectivity index (χ1n) is 11.8. The minimum Gasteiger partial charge on any atom is -0.387 e. The molecule has 0 aliphatic carbocycles. The predicted octanol–water partition coefficient (Wildman–Crippen LogP) is 4.18. The Bertz CT molecular complexity index is 1070. The van der Waals surface area contributed by atoms with Crippen molar-refractivity contribution in [2.24, 2.45) is 16.6 Å². The number of rotatable bonds is 7. The normalized spacial score (nSPS) is 16.3. The summed E-state index contributed by atoms with van der Waals surface area (Å²) in [6, 6.07) is 13.4. The molecule has 3 N–H and O–H groups in total. The Kier molecular flexibility index (Phi) is 7.35. The average molecular weight is 445 g/mol. The number of nitrogens with zero attached hydrogens (tertiary/aromatic N) is 2. The van der Waals surface area contributed by atoms with Crippen LogP contribution in [-0.4, -0.2) is 49.1 Å². The summed E-state index contributed by atoms with van der Waals surface area (Å²) in [5.74, 6) is 1.05. The topological polar surface area (TPSA) is 87.8 Å². The van der Waals surface area contributed by atoms with E-state index in [-0.39, 0.29) is 5.91 Å². The Morgan fingerprint density at radius 2 is 1.88 bits per heavy atom. The van der Waals surface area contributed by atoms with Crippen molar-refractivity contribution in [3.05, 3.63) is 59.2 Å². The molecule has 0 radical (unpaired) electrons. The van der Waals surface area contributed by atoms with E-state index in [4.69, 9.17) is 5.73 Å². The summed E-state index contributed by atoms with van der Waals surface area (Å²) in [5, 5.41) is 3.40. The van der Waals surface area contributed by atoms with Crippen molar-refractivity contribution in [1.82, 2.24) is 10.2 Å². The van der Waals surface area contributed by atoms with Gasteiger partial charge in [-0.2, -0.15) is 0 Å². The van der Waals surface area contributed by atoms with Gasteiger partial charge in [0.2, 0.25) is 5.91 Å². The van der Waals surface area contributed by atoms with E-state index in [0.717, 1.165) is 74.1 Å². The quantitative estimate of drug-likeness (QED) is 0.627. The first-order chi connectivity index (χ1) is 16.1. The number of nitrogens with two attached hydrogens (primary N) is 1. The van der Waals surface area contributed by atoms with E-state index < -0.39 is 0 Å². The van der Waals surface area contributed by atoms with Crippen LogP contribution in [0.15, 0.2) is 53.0 Å². The van der Waals surface area contributed by atoms with Crippen molar-refractivity contribution in [3.8, 4) is 11.1 Å². The standard InChI is InChI=1S/C27H32N4O2/c1-2-13-31(17-19-9-11-29-12-10-19)27(33)24-14-23-8-7-22(15-25(23)30-26(28)16-24)21-5-3-20(18-32)4-6-21/h3-8,14-15,18-19,29H,2,9-13,16-17H2,1H3,(H2,28,30). The lowest BCUT2D eigenvalue weighted by atomic mass is 9.96. The van der Waals surface area contributed by atoms with Crippen LogP contribution in [0.25, 0.3) is 17.2 Å². The maximum Gasteiger partial charge on any atom is 0.250 e. The predicted molar refractivity (Wildman–Crippen MR) is 134 cm³/mol. The van der Waals surface area contributed by atoms with Gasteiger partial charge in [-0.05, 0) is 61.5 Å². The minimum absolute atomic E-state index is 0.0647. The zero-order valence-electron chi connectivity index (χ0n) is 19.2. The third-order valence-electron chi connectivity index (χ3n) is 6.37. The molecule has 6 nitrogen and oxygen atoms in total. The number of fused-ring (bicyclic) bond motifs is 1. The van der Waals surface area contributed by atoms with Crippen LogP contribution < -0.4 is 11.1 Å². The molecule has 33 heavy (non-hydrogen) atoms. The van der Waals surface area contributed by atoms with Crippen molar-refractivity contribution < 1.29 is 9.59 Å². The van der Waals surface area contributed by atoms with Crippen LogP contribution >= 0.6 is 0 Å². The molecule has 0 bridgehead atoms. The van der Waals surface area contributed by atoms with E-state index in [1.807, 2.05) is 41.3 Å². The molecule has 0 unspecified atom stereocenters. The largest absolute Gasteiger partial charge is 0.387 e. The van der Waals surface area contributed by atoms with Gasteiger partial charge in [0.1, 0.15) is 12.1 Å². The molecule has 4 rings (SSSR count). The Morgan fingerprint density at radius 1 is 1.15 bits per heavy atom. The van der Waals surface area contributed by atoms with Crippen LogP contribution in [0.1, 0.15) is 48.5 Å². The van der Waals surface area contributed by atoms with Gasteiger partial charge in [0, 0.05) is 36.2 Å². The number of aliphatic imine (C=N–C) groups is 1. The molecule has 172 valence electrons. The molecular weight excluding hydrogens is 412 g/mol. The lowest BCUT2D eigenvalue weighted by molar-refractivity contribution is -0.127. The number of hydrogen-bond donors (Lipinski definition) is 2. The number of amidine groups is 1. The maximum absolute atomic E-state index is 13.5. The number of benzene rings is 2. The van der Waals surface area contributed by atoms with Gasteiger partial charge in [0.15, 0.2) is 0 Å². The van der Waals surface area contributed by atoms with E-state index in [1.165, 1.54) is 0 Å². The second-order valence-electron chi connectivity index (χ2n) is 8.91. The summed E-state index contributed by atoms with van der Waals surface area (Å²) in [5.41, 5.74) is 11.2. The zero-order valence-corrected chi connectivity index (χ0v) is 19.2. The Labute approximate surface area is 195 Å².